The van der Waals surface area contributed by atoms with E-state index in [-0.39, 0.29) is 11.4 Å². The number of benzene rings is 1. The minimum absolute atomic E-state index is 0.213. The van der Waals surface area contributed by atoms with Crippen molar-refractivity contribution in [3.63, 3.8) is 0 Å². The van der Waals surface area contributed by atoms with Gasteiger partial charge in [-0.15, -0.1) is 0 Å². The van der Waals surface area contributed by atoms with Gasteiger partial charge in [-0.25, -0.2) is 28.1 Å². The average molecular weight is 362 g/mol. The third-order valence-corrected chi connectivity index (χ3v) is 4.99. The lowest BCUT2D eigenvalue weighted by molar-refractivity contribution is 0.204. The second-order valence-corrected chi connectivity index (χ2v) is 6.98. The Morgan fingerprint density at radius 2 is 1.96 bits per heavy atom. The molecule has 0 fully saturated rings. The molecule has 0 aliphatic heterocycles. The Kier molecular flexibility index (Phi) is 5.22. The number of methoxy groups -OCH3 is 1. The Bertz CT molecular complexity index is 939. The largest absolute Gasteiger partial charge is 0.383 e. The van der Waals surface area contributed by atoms with Crippen LogP contribution in [0.2, 0.25) is 0 Å². The molecule has 0 spiro atoms. The van der Waals surface area contributed by atoms with Crippen molar-refractivity contribution >= 4 is 27.0 Å². The molecule has 0 amide bonds. The van der Waals surface area contributed by atoms with Gasteiger partial charge in [0.05, 0.1) is 17.8 Å². The summed E-state index contributed by atoms with van der Waals surface area (Å²) < 4.78 is 31.5. The first-order valence-electron chi connectivity index (χ1n) is 7.55. The summed E-state index contributed by atoms with van der Waals surface area (Å²) in [5, 5.41) is 3.19. The lowest BCUT2D eigenvalue weighted by Crippen LogP contribution is -2.27. The minimum atomic E-state index is -3.52. The molecule has 3 N–H and O–H groups in total. The van der Waals surface area contributed by atoms with Crippen LogP contribution in [0.5, 0.6) is 0 Å². The molecule has 0 bridgehead atoms. The zero-order valence-electron chi connectivity index (χ0n) is 13.6. The summed E-state index contributed by atoms with van der Waals surface area (Å²) in [5.74, 6) is 0.639. The molecular weight excluding hydrogens is 344 g/mol. The molecule has 2 heterocycles. The highest BCUT2D eigenvalue weighted by Gasteiger charge is 2.13. The Hall–Kier alpha value is -2.56. The summed E-state index contributed by atoms with van der Waals surface area (Å²) in [4.78, 5) is 15.5. The maximum absolute atomic E-state index is 12.1. The maximum Gasteiger partial charge on any atom is 0.240 e. The number of H-pyrrole nitrogens is 1. The van der Waals surface area contributed by atoms with Crippen molar-refractivity contribution in [3.8, 4) is 0 Å². The van der Waals surface area contributed by atoms with Gasteiger partial charge in [-0.05, 0) is 17.7 Å². The topological polar surface area (TPSA) is 122 Å². The second-order valence-electron chi connectivity index (χ2n) is 5.21. The van der Waals surface area contributed by atoms with Crippen LogP contribution in [-0.2, 0) is 21.3 Å². The monoisotopic (exact) mass is 362 g/mol. The summed E-state index contributed by atoms with van der Waals surface area (Å²) in [7, 11) is -2.00. The number of ether oxygens (including phenoxy) is 1. The number of sulfonamides is 1. The highest BCUT2D eigenvalue weighted by Crippen LogP contribution is 2.16. The smallest absolute Gasteiger partial charge is 0.240 e. The molecule has 0 aliphatic carbocycles. The predicted molar refractivity (Wildman–Crippen MR) is 92.5 cm³/mol. The molecule has 0 atom stereocenters. The van der Waals surface area contributed by atoms with E-state index in [2.05, 4.69) is 30.0 Å². The van der Waals surface area contributed by atoms with Gasteiger partial charge in [0.1, 0.15) is 11.8 Å². The van der Waals surface area contributed by atoms with E-state index in [4.69, 9.17) is 4.74 Å². The van der Waals surface area contributed by atoms with Crippen LogP contribution in [0.1, 0.15) is 5.56 Å². The normalized spacial score (nSPS) is 11.7. The first-order chi connectivity index (χ1) is 12.1. The number of fused-ring (bicyclic) bond motifs is 1. The molecule has 10 heteroatoms. The van der Waals surface area contributed by atoms with Crippen LogP contribution in [0.3, 0.4) is 0 Å². The number of imidazole rings is 1. The molecule has 25 heavy (non-hydrogen) atoms. The van der Waals surface area contributed by atoms with Gasteiger partial charge >= 0.3 is 0 Å². The van der Waals surface area contributed by atoms with Gasteiger partial charge in [-0.2, -0.15) is 0 Å². The molecule has 3 rings (SSSR count). The van der Waals surface area contributed by atoms with E-state index >= 15 is 0 Å². The van der Waals surface area contributed by atoms with E-state index in [1.807, 2.05) is 0 Å². The van der Waals surface area contributed by atoms with Gasteiger partial charge in [-0.1, -0.05) is 12.1 Å². The van der Waals surface area contributed by atoms with Crippen molar-refractivity contribution in [1.82, 2.24) is 24.7 Å². The lowest BCUT2D eigenvalue weighted by Gasteiger charge is -2.09. The summed E-state index contributed by atoms with van der Waals surface area (Å²) in [6.45, 7) is 1.04. The lowest BCUT2D eigenvalue weighted by atomic mass is 10.2. The summed E-state index contributed by atoms with van der Waals surface area (Å²) >= 11 is 0. The van der Waals surface area contributed by atoms with E-state index in [9.17, 15) is 8.42 Å². The van der Waals surface area contributed by atoms with Crippen LogP contribution < -0.4 is 10.0 Å². The zero-order chi connectivity index (χ0) is 17.7. The molecule has 9 nitrogen and oxygen atoms in total. The predicted octanol–water partition coefficient (Wildman–Crippen LogP) is 0.890. The number of nitrogens with one attached hydrogen (secondary N) is 3. The molecule has 1 aromatic carbocycles. The molecule has 0 radical (unpaired) electrons. The van der Waals surface area contributed by atoms with E-state index in [0.717, 1.165) is 11.1 Å². The van der Waals surface area contributed by atoms with Crippen molar-refractivity contribution in [3.05, 3.63) is 42.5 Å². The van der Waals surface area contributed by atoms with Gasteiger partial charge in [-0.3, -0.25) is 0 Å². The van der Waals surface area contributed by atoms with E-state index < -0.39 is 10.0 Å². The number of nitrogens with zero attached hydrogens (tertiary/aromatic N) is 3. The SMILES string of the molecule is COCCNS(=O)(=O)c1ccc(CNc2ncnc3nc[nH]c23)cc1. The van der Waals surface area contributed by atoms with E-state index in [0.29, 0.717) is 24.6 Å². The van der Waals surface area contributed by atoms with Crippen LogP contribution in [0.25, 0.3) is 11.2 Å². The maximum atomic E-state index is 12.1. The van der Waals surface area contributed by atoms with Crippen LogP contribution >= 0.6 is 0 Å². The Morgan fingerprint density at radius 3 is 2.72 bits per heavy atom. The number of aromatic nitrogens is 4. The first kappa shape index (κ1) is 17.3. The van der Waals surface area contributed by atoms with Gasteiger partial charge in [0.25, 0.3) is 0 Å². The van der Waals surface area contributed by atoms with Gasteiger partial charge in [0, 0.05) is 20.2 Å². The fraction of sp³-hybridized carbons (Fsp3) is 0.267. The van der Waals surface area contributed by atoms with Crippen LogP contribution in [0.4, 0.5) is 5.82 Å². The second kappa shape index (κ2) is 7.55. The molecule has 0 unspecified atom stereocenters. The number of aromatic amines is 1. The fourth-order valence-corrected chi connectivity index (χ4v) is 3.25. The Morgan fingerprint density at radius 1 is 1.16 bits per heavy atom. The Labute approximate surface area is 144 Å². The van der Waals surface area contributed by atoms with Gasteiger partial charge < -0.3 is 15.0 Å². The van der Waals surface area contributed by atoms with Crippen molar-refractivity contribution in [2.24, 2.45) is 0 Å². The van der Waals surface area contributed by atoms with Crippen LogP contribution in [0.15, 0.2) is 41.8 Å². The van der Waals surface area contributed by atoms with E-state index in [1.54, 1.807) is 30.6 Å². The molecule has 3 aromatic rings. The molecule has 0 saturated carbocycles. The zero-order valence-corrected chi connectivity index (χ0v) is 14.4. The molecule has 132 valence electrons. The molecule has 0 aliphatic rings. The quantitative estimate of drug-likeness (QED) is 0.509. The fourth-order valence-electron chi connectivity index (χ4n) is 2.23. The van der Waals surface area contributed by atoms with Crippen molar-refractivity contribution < 1.29 is 13.2 Å². The van der Waals surface area contributed by atoms with Crippen molar-refractivity contribution in [2.75, 3.05) is 25.6 Å². The minimum Gasteiger partial charge on any atom is -0.383 e. The highest BCUT2D eigenvalue weighted by atomic mass is 32.2. The van der Waals surface area contributed by atoms with Gasteiger partial charge in [0.15, 0.2) is 11.5 Å². The molecule has 2 aromatic heterocycles. The third-order valence-electron chi connectivity index (χ3n) is 3.51. The standard InChI is InChI=1S/C15H18N6O3S/c1-24-7-6-21-25(22,23)12-4-2-11(3-5-12)8-16-14-13-15(18-9-17-13)20-10-19-14/h2-5,9-10,21H,6-8H2,1H3,(H2,16,17,18,19,20). The molecule has 0 saturated heterocycles. The number of hydrogen-bond acceptors (Lipinski definition) is 7. The van der Waals surface area contributed by atoms with Crippen molar-refractivity contribution in [2.45, 2.75) is 11.4 Å². The molecular formula is C15H18N6O3S. The number of anilines is 1. The number of rotatable bonds is 8. The van der Waals surface area contributed by atoms with Crippen molar-refractivity contribution in [1.29, 1.82) is 0 Å². The van der Waals surface area contributed by atoms with Crippen LogP contribution in [-0.4, -0.2) is 48.6 Å². The number of hydrogen-bond donors (Lipinski definition) is 3. The summed E-state index contributed by atoms with van der Waals surface area (Å²) in [6, 6.07) is 6.64. The average Bonchev–Trinajstić information content (AvgIpc) is 3.10. The third kappa shape index (κ3) is 4.10. The highest BCUT2D eigenvalue weighted by molar-refractivity contribution is 7.89. The first-order valence-corrected chi connectivity index (χ1v) is 9.04. The van der Waals surface area contributed by atoms with Gasteiger partial charge in [0.2, 0.25) is 10.0 Å². The summed E-state index contributed by atoms with van der Waals surface area (Å²) in [5.41, 5.74) is 2.23. The summed E-state index contributed by atoms with van der Waals surface area (Å²) in [6.07, 6.45) is 2.99. The Balaban J connectivity index is 1.66. The van der Waals surface area contributed by atoms with Crippen LogP contribution in [0, 0.1) is 0 Å². The van der Waals surface area contributed by atoms with E-state index in [1.165, 1.54) is 13.4 Å².